The van der Waals surface area contributed by atoms with E-state index in [1.54, 1.807) is 0 Å². The molecule has 2 aliphatic rings. The molecule has 1 saturated carbocycles. The van der Waals surface area contributed by atoms with E-state index in [2.05, 4.69) is 41.3 Å². The molecule has 0 aromatic heterocycles. The highest BCUT2D eigenvalue weighted by Gasteiger charge is 2.29. The van der Waals surface area contributed by atoms with E-state index in [4.69, 9.17) is 0 Å². The number of carbonyl (C=O) groups excluding carboxylic acids is 1. The zero-order valence-corrected chi connectivity index (χ0v) is 13.9. The Morgan fingerprint density at radius 2 is 1.52 bits per heavy atom. The smallest absolute Gasteiger partial charge is 0.150 e. The molecule has 2 nitrogen and oxygen atoms in total. The molecular formula is C21H23NO. The summed E-state index contributed by atoms with van der Waals surface area (Å²) in [5, 5.41) is 0. The lowest BCUT2D eigenvalue weighted by Gasteiger charge is -2.41. The summed E-state index contributed by atoms with van der Waals surface area (Å²) in [6.07, 6.45) is 3.70. The fourth-order valence-electron chi connectivity index (χ4n) is 3.70. The molecule has 23 heavy (non-hydrogen) atoms. The standard InChI is InChI=1S/C21H23NO/c1-14-9-18(10-15(2)21(14)13-23)19-11-22(12-19)20-7-5-17(6-8-20)16-3-4-16/h5-10,13,16,19H,3-4,11-12H2,1-2H3. The van der Waals surface area contributed by atoms with Gasteiger partial charge in [0.05, 0.1) is 0 Å². The zero-order valence-electron chi connectivity index (χ0n) is 13.9. The van der Waals surface area contributed by atoms with Crippen LogP contribution in [0.15, 0.2) is 36.4 Å². The summed E-state index contributed by atoms with van der Waals surface area (Å²) < 4.78 is 0. The van der Waals surface area contributed by atoms with Crippen LogP contribution in [0.1, 0.15) is 57.3 Å². The maximum Gasteiger partial charge on any atom is 0.150 e. The van der Waals surface area contributed by atoms with Crippen molar-refractivity contribution < 1.29 is 4.79 Å². The van der Waals surface area contributed by atoms with E-state index in [0.29, 0.717) is 5.92 Å². The third-order valence-electron chi connectivity index (χ3n) is 5.39. The summed E-state index contributed by atoms with van der Waals surface area (Å²) in [5.41, 5.74) is 7.26. The summed E-state index contributed by atoms with van der Waals surface area (Å²) in [6, 6.07) is 13.5. The fourth-order valence-corrected chi connectivity index (χ4v) is 3.70. The van der Waals surface area contributed by atoms with Crippen LogP contribution in [-0.2, 0) is 0 Å². The van der Waals surface area contributed by atoms with Crippen LogP contribution in [0.4, 0.5) is 5.69 Å². The molecule has 2 aromatic carbocycles. The molecular weight excluding hydrogens is 282 g/mol. The van der Waals surface area contributed by atoms with Crippen LogP contribution >= 0.6 is 0 Å². The van der Waals surface area contributed by atoms with Gasteiger partial charge in [0.1, 0.15) is 0 Å². The Kier molecular flexibility index (Phi) is 3.48. The zero-order chi connectivity index (χ0) is 16.0. The first-order valence-corrected chi connectivity index (χ1v) is 8.57. The molecule has 1 aliphatic heterocycles. The highest BCUT2D eigenvalue weighted by atomic mass is 16.1. The number of rotatable bonds is 4. The number of nitrogens with zero attached hydrogens (tertiary/aromatic N) is 1. The Balaban J connectivity index is 1.45. The number of hydrogen-bond acceptors (Lipinski definition) is 2. The third kappa shape index (κ3) is 2.67. The Labute approximate surface area is 138 Å². The van der Waals surface area contributed by atoms with Crippen molar-refractivity contribution >= 4 is 12.0 Å². The number of aryl methyl sites for hydroxylation is 2. The molecule has 0 radical (unpaired) electrons. The van der Waals surface area contributed by atoms with E-state index in [9.17, 15) is 4.79 Å². The highest BCUT2D eigenvalue weighted by molar-refractivity contribution is 5.79. The van der Waals surface area contributed by atoms with Gasteiger partial charge in [0.15, 0.2) is 6.29 Å². The van der Waals surface area contributed by atoms with Crippen LogP contribution < -0.4 is 4.90 Å². The first-order valence-electron chi connectivity index (χ1n) is 8.57. The molecule has 0 bridgehead atoms. The van der Waals surface area contributed by atoms with Crippen molar-refractivity contribution in [3.63, 3.8) is 0 Å². The first kappa shape index (κ1) is 14.5. The van der Waals surface area contributed by atoms with Gasteiger partial charge in [-0.05, 0) is 67.0 Å². The molecule has 0 spiro atoms. The molecule has 2 aromatic rings. The van der Waals surface area contributed by atoms with Gasteiger partial charge in [0, 0.05) is 30.3 Å². The quantitative estimate of drug-likeness (QED) is 0.770. The lowest BCUT2D eigenvalue weighted by molar-refractivity contribution is 0.112. The van der Waals surface area contributed by atoms with Crippen molar-refractivity contribution in [1.29, 1.82) is 0 Å². The van der Waals surface area contributed by atoms with Crippen LogP contribution in [-0.4, -0.2) is 19.4 Å². The molecule has 4 rings (SSSR count). The predicted molar refractivity (Wildman–Crippen MR) is 94.7 cm³/mol. The lowest BCUT2D eigenvalue weighted by Crippen LogP contribution is -2.45. The van der Waals surface area contributed by atoms with Crippen LogP contribution in [0.3, 0.4) is 0 Å². The second kappa shape index (κ2) is 5.52. The van der Waals surface area contributed by atoms with Crippen molar-refractivity contribution in [2.45, 2.75) is 38.5 Å². The number of anilines is 1. The van der Waals surface area contributed by atoms with Gasteiger partial charge in [-0.25, -0.2) is 0 Å². The minimum Gasteiger partial charge on any atom is -0.370 e. The van der Waals surface area contributed by atoms with Gasteiger partial charge >= 0.3 is 0 Å². The second-order valence-electron chi connectivity index (χ2n) is 7.15. The first-order chi connectivity index (χ1) is 11.2. The van der Waals surface area contributed by atoms with Crippen LogP contribution in [0, 0.1) is 13.8 Å². The monoisotopic (exact) mass is 305 g/mol. The van der Waals surface area contributed by atoms with Gasteiger partial charge in [0.25, 0.3) is 0 Å². The van der Waals surface area contributed by atoms with Gasteiger partial charge in [0.2, 0.25) is 0 Å². The van der Waals surface area contributed by atoms with Crippen LogP contribution in [0.25, 0.3) is 0 Å². The largest absolute Gasteiger partial charge is 0.370 e. The molecule has 1 heterocycles. The van der Waals surface area contributed by atoms with Crippen molar-refractivity contribution in [2.75, 3.05) is 18.0 Å². The number of carbonyl (C=O) groups is 1. The van der Waals surface area contributed by atoms with Crippen molar-refractivity contribution in [3.05, 3.63) is 64.2 Å². The van der Waals surface area contributed by atoms with E-state index in [0.717, 1.165) is 42.0 Å². The molecule has 1 aliphatic carbocycles. The Morgan fingerprint density at radius 1 is 0.913 bits per heavy atom. The summed E-state index contributed by atoms with van der Waals surface area (Å²) in [4.78, 5) is 13.6. The summed E-state index contributed by atoms with van der Waals surface area (Å²) in [5.74, 6) is 1.41. The predicted octanol–water partition coefficient (Wildman–Crippen LogP) is 4.60. The SMILES string of the molecule is Cc1cc(C2CN(c3ccc(C4CC4)cc3)C2)cc(C)c1C=O. The molecule has 0 unspecified atom stereocenters. The maximum absolute atomic E-state index is 11.1. The average molecular weight is 305 g/mol. The number of aldehydes is 1. The Morgan fingerprint density at radius 3 is 2.04 bits per heavy atom. The second-order valence-corrected chi connectivity index (χ2v) is 7.15. The van der Waals surface area contributed by atoms with Gasteiger partial charge in [-0.3, -0.25) is 4.79 Å². The van der Waals surface area contributed by atoms with E-state index >= 15 is 0 Å². The lowest BCUT2D eigenvalue weighted by atomic mass is 9.87. The molecule has 1 saturated heterocycles. The normalized spacial score (nSPS) is 17.9. The summed E-state index contributed by atoms with van der Waals surface area (Å²) in [6.45, 7) is 6.21. The topological polar surface area (TPSA) is 20.3 Å². The Bertz CT molecular complexity index is 714. The van der Waals surface area contributed by atoms with Gasteiger partial charge < -0.3 is 4.90 Å². The minimum atomic E-state index is 0.580. The highest BCUT2D eigenvalue weighted by Crippen LogP contribution is 2.41. The molecule has 0 atom stereocenters. The van der Waals surface area contributed by atoms with Crippen LogP contribution in [0.5, 0.6) is 0 Å². The van der Waals surface area contributed by atoms with E-state index in [1.165, 1.54) is 29.7 Å². The molecule has 2 fully saturated rings. The Hall–Kier alpha value is -2.09. The van der Waals surface area contributed by atoms with Gasteiger partial charge in [-0.1, -0.05) is 24.3 Å². The fraction of sp³-hybridized carbons (Fsp3) is 0.381. The van der Waals surface area contributed by atoms with Crippen molar-refractivity contribution in [3.8, 4) is 0 Å². The van der Waals surface area contributed by atoms with E-state index in [1.807, 2.05) is 13.8 Å². The van der Waals surface area contributed by atoms with Crippen molar-refractivity contribution in [2.24, 2.45) is 0 Å². The van der Waals surface area contributed by atoms with Gasteiger partial charge in [-0.15, -0.1) is 0 Å². The minimum absolute atomic E-state index is 0.580. The van der Waals surface area contributed by atoms with Crippen molar-refractivity contribution in [1.82, 2.24) is 0 Å². The van der Waals surface area contributed by atoms with Crippen LogP contribution in [0.2, 0.25) is 0 Å². The average Bonchev–Trinajstić information content (AvgIpc) is 3.31. The maximum atomic E-state index is 11.1. The van der Waals surface area contributed by atoms with E-state index in [-0.39, 0.29) is 0 Å². The molecule has 118 valence electrons. The van der Waals surface area contributed by atoms with Gasteiger partial charge in [-0.2, -0.15) is 0 Å². The van der Waals surface area contributed by atoms with E-state index < -0.39 is 0 Å². The number of benzene rings is 2. The molecule has 2 heteroatoms. The third-order valence-corrected chi connectivity index (χ3v) is 5.39. The molecule has 0 N–H and O–H groups in total. The number of hydrogen-bond donors (Lipinski definition) is 0. The summed E-state index contributed by atoms with van der Waals surface area (Å²) in [7, 11) is 0. The molecule has 0 amide bonds. The summed E-state index contributed by atoms with van der Waals surface area (Å²) >= 11 is 0.